The van der Waals surface area contributed by atoms with Gasteiger partial charge in [-0.3, -0.25) is 4.79 Å². The molecule has 1 atom stereocenters. The molecule has 1 heterocycles. The van der Waals surface area contributed by atoms with E-state index in [2.05, 4.69) is 4.98 Å². The molecule has 0 aliphatic rings. The first kappa shape index (κ1) is 20.7. The number of ether oxygens (including phenoxy) is 1. The molecule has 0 spiro atoms. The number of amides is 1. The van der Waals surface area contributed by atoms with Crippen LogP contribution in [-0.4, -0.2) is 30.1 Å². The predicted octanol–water partition coefficient (Wildman–Crippen LogP) is 4.95. The van der Waals surface area contributed by atoms with Gasteiger partial charge in [-0.25, -0.2) is 4.79 Å². The average molecular weight is 425 g/mol. The number of nitrogens with one attached hydrogen (secondary N) is 2. The van der Waals surface area contributed by atoms with E-state index in [-0.39, 0.29) is 16.3 Å². The Bertz CT molecular complexity index is 1090. The molecule has 2 N–H and O–H groups in total. The van der Waals surface area contributed by atoms with Gasteiger partial charge in [-0.05, 0) is 48.4 Å². The number of rotatable bonds is 4. The monoisotopic (exact) mass is 424 g/mol. The Morgan fingerprint density at radius 3 is 2.52 bits per heavy atom. The van der Waals surface area contributed by atoms with E-state index in [1.807, 2.05) is 5.32 Å². The van der Waals surface area contributed by atoms with E-state index >= 15 is 0 Å². The summed E-state index contributed by atoms with van der Waals surface area (Å²) < 4.78 is 45.3. The molecule has 152 valence electrons. The van der Waals surface area contributed by atoms with Crippen LogP contribution in [0.15, 0.2) is 42.5 Å². The third kappa shape index (κ3) is 4.37. The van der Waals surface area contributed by atoms with Gasteiger partial charge in [0.15, 0.2) is 6.04 Å². The minimum absolute atomic E-state index is 0.0716. The molecule has 0 saturated carbocycles. The van der Waals surface area contributed by atoms with Crippen LogP contribution in [0.1, 0.15) is 38.0 Å². The normalized spacial score (nSPS) is 12.6. The van der Waals surface area contributed by atoms with Crippen molar-refractivity contribution < 1.29 is 27.5 Å². The molecule has 2 aromatic carbocycles. The molecule has 1 amide bonds. The maximum Gasteiger partial charge on any atom is 0.412 e. The smallest absolute Gasteiger partial charge is 0.412 e. The minimum atomic E-state index is -4.72. The molecule has 0 aliphatic carbocycles. The summed E-state index contributed by atoms with van der Waals surface area (Å²) in [5, 5.41) is 2.62. The second-order valence-electron chi connectivity index (χ2n) is 6.43. The maximum absolute atomic E-state index is 13.5. The zero-order chi connectivity index (χ0) is 21.3. The highest BCUT2D eigenvalue weighted by atomic mass is 35.5. The van der Waals surface area contributed by atoms with Crippen molar-refractivity contribution in [3.05, 3.63) is 69.9 Å². The first-order chi connectivity index (χ1) is 13.6. The first-order valence-electron chi connectivity index (χ1n) is 8.45. The van der Waals surface area contributed by atoms with E-state index in [9.17, 15) is 22.8 Å². The molecule has 1 unspecified atom stereocenters. The van der Waals surface area contributed by atoms with E-state index in [1.165, 1.54) is 37.4 Å². The lowest BCUT2D eigenvalue weighted by Gasteiger charge is -2.22. The first-order valence-corrected chi connectivity index (χ1v) is 8.82. The zero-order valence-electron chi connectivity index (χ0n) is 15.4. The Morgan fingerprint density at radius 1 is 1.17 bits per heavy atom. The summed E-state index contributed by atoms with van der Waals surface area (Å²) in [4.78, 5) is 27.1. The molecule has 0 bridgehead atoms. The number of esters is 1. The topological polar surface area (TPSA) is 71.2 Å². The van der Waals surface area contributed by atoms with E-state index in [0.717, 1.165) is 6.07 Å². The SMILES string of the molecule is COC(=O)c1cc2cc(C(=O)NC(c3cccc(Cl)c3)C(F)(F)F)[nH]c2cc1C. The summed E-state index contributed by atoms with van der Waals surface area (Å²) in [6, 6.07) is 7.49. The number of aromatic amines is 1. The quantitative estimate of drug-likeness (QED) is 0.582. The summed E-state index contributed by atoms with van der Waals surface area (Å²) in [6.07, 6.45) is -4.72. The molecule has 29 heavy (non-hydrogen) atoms. The Hall–Kier alpha value is -3.00. The number of benzene rings is 2. The Balaban J connectivity index is 1.94. The number of methoxy groups -OCH3 is 1. The van der Waals surface area contributed by atoms with Gasteiger partial charge >= 0.3 is 12.1 Å². The molecule has 0 radical (unpaired) electrons. The van der Waals surface area contributed by atoms with Gasteiger partial charge in [0.05, 0.1) is 12.7 Å². The van der Waals surface area contributed by atoms with Crippen molar-refractivity contribution in [2.75, 3.05) is 7.11 Å². The van der Waals surface area contributed by atoms with Crippen molar-refractivity contribution >= 4 is 34.4 Å². The number of carbonyl (C=O) groups excluding carboxylic acids is 2. The molecule has 5 nitrogen and oxygen atoms in total. The number of fused-ring (bicyclic) bond motifs is 1. The molecule has 0 saturated heterocycles. The number of carbonyl (C=O) groups is 2. The molecule has 0 aliphatic heterocycles. The predicted molar refractivity (Wildman–Crippen MR) is 102 cm³/mol. The fourth-order valence-corrected chi connectivity index (χ4v) is 3.19. The molecule has 1 aromatic heterocycles. The van der Waals surface area contributed by atoms with E-state index in [4.69, 9.17) is 16.3 Å². The number of halogens is 4. The third-order valence-electron chi connectivity index (χ3n) is 4.40. The van der Waals surface area contributed by atoms with Crippen LogP contribution in [0.3, 0.4) is 0 Å². The lowest BCUT2D eigenvalue weighted by molar-refractivity contribution is -0.155. The van der Waals surface area contributed by atoms with Crippen molar-refractivity contribution in [2.45, 2.75) is 19.1 Å². The Kier molecular flexibility index (Phi) is 5.57. The third-order valence-corrected chi connectivity index (χ3v) is 4.64. The van der Waals surface area contributed by atoms with Crippen LogP contribution in [-0.2, 0) is 4.74 Å². The number of H-pyrrole nitrogens is 1. The summed E-state index contributed by atoms with van der Waals surface area (Å²) in [5.41, 5.74) is 1.16. The molecule has 0 fully saturated rings. The largest absolute Gasteiger partial charge is 0.465 e. The minimum Gasteiger partial charge on any atom is -0.465 e. The van der Waals surface area contributed by atoms with E-state index < -0.39 is 24.1 Å². The lowest BCUT2D eigenvalue weighted by Crippen LogP contribution is -2.38. The second-order valence-corrected chi connectivity index (χ2v) is 6.87. The highest BCUT2D eigenvalue weighted by Crippen LogP contribution is 2.34. The van der Waals surface area contributed by atoms with Crippen LogP contribution < -0.4 is 5.32 Å². The lowest BCUT2D eigenvalue weighted by atomic mass is 10.1. The molecular weight excluding hydrogens is 409 g/mol. The van der Waals surface area contributed by atoms with Crippen LogP contribution in [0.5, 0.6) is 0 Å². The fourth-order valence-electron chi connectivity index (χ4n) is 2.99. The average Bonchev–Trinajstić information content (AvgIpc) is 3.06. The van der Waals surface area contributed by atoms with Crippen molar-refractivity contribution in [3.63, 3.8) is 0 Å². The Morgan fingerprint density at radius 2 is 1.90 bits per heavy atom. The van der Waals surface area contributed by atoms with Gasteiger partial charge in [0, 0.05) is 15.9 Å². The van der Waals surface area contributed by atoms with Crippen molar-refractivity contribution in [3.8, 4) is 0 Å². The molecule has 3 rings (SSSR count). The highest BCUT2D eigenvalue weighted by molar-refractivity contribution is 6.30. The molecule has 9 heteroatoms. The van der Waals surface area contributed by atoms with Gasteiger partial charge in [0.1, 0.15) is 5.69 Å². The Labute approximate surface area is 168 Å². The van der Waals surface area contributed by atoms with Gasteiger partial charge < -0.3 is 15.0 Å². The van der Waals surface area contributed by atoms with E-state index in [1.54, 1.807) is 13.0 Å². The van der Waals surface area contributed by atoms with Crippen LogP contribution in [0.25, 0.3) is 10.9 Å². The van der Waals surface area contributed by atoms with Crippen LogP contribution in [0.2, 0.25) is 5.02 Å². The van der Waals surface area contributed by atoms with Crippen molar-refractivity contribution in [1.29, 1.82) is 0 Å². The zero-order valence-corrected chi connectivity index (χ0v) is 16.1. The van der Waals surface area contributed by atoms with Gasteiger partial charge in [0.25, 0.3) is 5.91 Å². The summed E-state index contributed by atoms with van der Waals surface area (Å²) >= 11 is 5.79. The standard InChI is InChI=1S/C20H16ClF3N2O3/c1-10-6-15-12(8-14(10)19(28)29-2)9-16(25-15)18(27)26-17(20(22,23)24)11-4-3-5-13(21)7-11/h3-9,17,25H,1-2H3,(H,26,27). The van der Waals surface area contributed by atoms with Gasteiger partial charge in [-0.2, -0.15) is 13.2 Å². The highest BCUT2D eigenvalue weighted by Gasteiger charge is 2.42. The van der Waals surface area contributed by atoms with Crippen LogP contribution in [0, 0.1) is 6.92 Å². The fraction of sp³-hybridized carbons (Fsp3) is 0.200. The van der Waals surface area contributed by atoms with Crippen LogP contribution in [0.4, 0.5) is 13.2 Å². The molecule has 3 aromatic rings. The number of hydrogen-bond acceptors (Lipinski definition) is 3. The number of alkyl halides is 3. The van der Waals surface area contributed by atoms with Crippen molar-refractivity contribution in [2.24, 2.45) is 0 Å². The molecular formula is C20H16ClF3N2O3. The maximum atomic E-state index is 13.5. The number of hydrogen-bond donors (Lipinski definition) is 2. The number of aromatic nitrogens is 1. The van der Waals surface area contributed by atoms with Gasteiger partial charge in [0.2, 0.25) is 0 Å². The van der Waals surface area contributed by atoms with Gasteiger partial charge in [-0.1, -0.05) is 23.7 Å². The van der Waals surface area contributed by atoms with Gasteiger partial charge in [-0.15, -0.1) is 0 Å². The van der Waals surface area contributed by atoms with Crippen molar-refractivity contribution in [1.82, 2.24) is 10.3 Å². The second kappa shape index (κ2) is 7.79. The van der Waals surface area contributed by atoms with Crippen LogP contribution >= 0.6 is 11.6 Å². The summed E-state index contributed by atoms with van der Waals surface area (Å²) in [6.45, 7) is 1.69. The number of aryl methyl sites for hydroxylation is 1. The summed E-state index contributed by atoms with van der Waals surface area (Å²) in [5.74, 6) is -1.49. The van der Waals surface area contributed by atoms with E-state index in [0.29, 0.717) is 22.0 Å². The summed E-state index contributed by atoms with van der Waals surface area (Å²) in [7, 11) is 1.25.